The van der Waals surface area contributed by atoms with Crippen molar-refractivity contribution in [1.29, 1.82) is 0 Å². The third-order valence-corrected chi connectivity index (χ3v) is 7.14. The molecule has 16 heteroatoms. The topological polar surface area (TPSA) is 143 Å². The molecule has 1 aromatic carbocycles. The summed E-state index contributed by atoms with van der Waals surface area (Å²) >= 11 is 0. The fourth-order valence-electron chi connectivity index (χ4n) is 4.54. The lowest BCUT2D eigenvalue weighted by atomic mass is 9.96. The van der Waals surface area contributed by atoms with Crippen molar-refractivity contribution in [3.05, 3.63) is 42.0 Å². The number of piperazine rings is 1. The van der Waals surface area contributed by atoms with Crippen LogP contribution in [0.4, 0.5) is 29.1 Å². The van der Waals surface area contributed by atoms with Crippen molar-refractivity contribution < 1.29 is 35.6 Å². The molecule has 0 atom stereocenters. The minimum Gasteiger partial charge on any atom is -0.382 e. The number of hydrogen-bond acceptors (Lipinski definition) is 7. The number of rotatable bonds is 6. The summed E-state index contributed by atoms with van der Waals surface area (Å²) in [4.78, 5) is 32.3. The van der Waals surface area contributed by atoms with E-state index in [4.69, 9.17) is 5.73 Å². The van der Waals surface area contributed by atoms with Gasteiger partial charge in [-0.25, -0.2) is 27.0 Å². The van der Waals surface area contributed by atoms with E-state index in [-0.39, 0.29) is 43.0 Å². The first-order valence-electron chi connectivity index (χ1n) is 11.6. The molecule has 2 amide bonds. The van der Waals surface area contributed by atoms with Crippen LogP contribution < -0.4 is 15.4 Å². The Labute approximate surface area is 220 Å². The van der Waals surface area contributed by atoms with E-state index in [1.165, 1.54) is 30.9 Å². The second kappa shape index (κ2) is 9.75. The first-order chi connectivity index (χ1) is 18.0. The number of alkyl halides is 3. The number of anilines is 2. The van der Waals surface area contributed by atoms with Gasteiger partial charge in [0.1, 0.15) is 23.2 Å². The molecule has 210 valence electrons. The Morgan fingerprint density at radius 3 is 2.54 bits per heavy atom. The summed E-state index contributed by atoms with van der Waals surface area (Å²) in [6, 6.07) is 4.33. The van der Waals surface area contributed by atoms with Crippen molar-refractivity contribution in [3.8, 4) is 11.3 Å². The highest BCUT2D eigenvalue weighted by atomic mass is 32.2. The number of sulfonamides is 1. The lowest BCUT2D eigenvalue weighted by Crippen LogP contribution is -2.65. The van der Waals surface area contributed by atoms with Crippen LogP contribution in [0.5, 0.6) is 0 Å². The normalized spacial score (nSPS) is 16.2. The van der Waals surface area contributed by atoms with Crippen molar-refractivity contribution in [2.24, 2.45) is 0 Å². The van der Waals surface area contributed by atoms with Crippen molar-refractivity contribution >= 4 is 38.9 Å². The number of nitrogen functional groups attached to an aromatic ring is 1. The van der Waals surface area contributed by atoms with E-state index in [1.807, 2.05) is 0 Å². The maximum Gasteiger partial charge on any atom is 0.418 e. The molecule has 4 rings (SSSR count). The lowest BCUT2D eigenvalue weighted by molar-refractivity contribution is -0.147. The van der Waals surface area contributed by atoms with E-state index >= 15 is 4.39 Å². The zero-order chi connectivity index (χ0) is 28.9. The second-order valence-corrected chi connectivity index (χ2v) is 11.3. The summed E-state index contributed by atoms with van der Waals surface area (Å²) in [5.74, 6) is -2.30. The predicted octanol–water partition coefficient (Wildman–Crippen LogP) is 2.03. The third-order valence-electron chi connectivity index (χ3n) is 6.42. The SMILES string of the molecule is CC1(C)C(=O)N(c2cc(-c3cc(C(F)(F)F)c4c(N)ncnn34)ccc2F)CCN1C(=O)CCNS(C)(=O)=O. The lowest BCUT2D eigenvalue weighted by Gasteiger charge is -2.46. The molecule has 11 nitrogen and oxygen atoms in total. The highest BCUT2D eigenvalue weighted by molar-refractivity contribution is 7.88. The van der Waals surface area contributed by atoms with Gasteiger partial charge in [0.25, 0.3) is 5.91 Å². The first-order valence-corrected chi connectivity index (χ1v) is 13.5. The zero-order valence-corrected chi connectivity index (χ0v) is 21.9. The number of carbonyl (C=O) groups excluding carboxylic acids is 2. The predicted molar refractivity (Wildman–Crippen MR) is 133 cm³/mol. The highest BCUT2D eigenvalue weighted by Gasteiger charge is 2.45. The Hall–Kier alpha value is -3.79. The Morgan fingerprint density at radius 1 is 1.21 bits per heavy atom. The van der Waals surface area contributed by atoms with Crippen LogP contribution in [0.2, 0.25) is 0 Å². The number of halogens is 4. The molecule has 0 unspecified atom stereocenters. The number of fused-ring (bicyclic) bond motifs is 1. The summed E-state index contributed by atoms with van der Waals surface area (Å²) in [6.45, 7) is 2.70. The van der Waals surface area contributed by atoms with Crippen LogP contribution in [0.1, 0.15) is 25.8 Å². The molecular formula is C23H25F4N7O4S. The Morgan fingerprint density at radius 2 is 1.90 bits per heavy atom. The van der Waals surface area contributed by atoms with Crippen molar-refractivity contribution in [3.63, 3.8) is 0 Å². The van der Waals surface area contributed by atoms with Gasteiger partial charge in [0.2, 0.25) is 15.9 Å². The fraction of sp³-hybridized carbons (Fsp3) is 0.391. The van der Waals surface area contributed by atoms with E-state index in [0.717, 1.165) is 34.1 Å². The molecule has 3 aromatic rings. The second-order valence-electron chi connectivity index (χ2n) is 9.49. The molecular weight excluding hydrogens is 546 g/mol. The number of benzene rings is 1. The van der Waals surface area contributed by atoms with Crippen LogP contribution in [0.3, 0.4) is 0 Å². The summed E-state index contributed by atoms with van der Waals surface area (Å²) in [6.07, 6.45) is -3.02. The molecule has 0 bridgehead atoms. The van der Waals surface area contributed by atoms with E-state index in [1.54, 1.807) is 0 Å². The fourth-order valence-corrected chi connectivity index (χ4v) is 5.01. The van der Waals surface area contributed by atoms with E-state index in [2.05, 4.69) is 14.8 Å². The van der Waals surface area contributed by atoms with Crippen molar-refractivity contribution in [2.75, 3.05) is 36.5 Å². The van der Waals surface area contributed by atoms with Gasteiger partial charge in [0.15, 0.2) is 5.82 Å². The quantitative estimate of drug-likeness (QED) is 0.431. The number of carbonyl (C=O) groups is 2. The molecule has 1 fully saturated rings. The zero-order valence-electron chi connectivity index (χ0n) is 21.1. The van der Waals surface area contributed by atoms with Gasteiger partial charge in [-0.3, -0.25) is 9.59 Å². The van der Waals surface area contributed by atoms with Crippen LogP contribution in [0.25, 0.3) is 16.8 Å². The molecule has 1 aliphatic rings. The van der Waals surface area contributed by atoms with E-state index < -0.39 is 56.3 Å². The van der Waals surface area contributed by atoms with Gasteiger partial charge in [0.05, 0.1) is 23.2 Å². The van der Waals surface area contributed by atoms with Crippen molar-refractivity contribution in [2.45, 2.75) is 32.0 Å². The average molecular weight is 572 g/mol. The monoisotopic (exact) mass is 571 g/mol. The van der Waals surface area contributed by atoms with Gasteiger partial charge in [0, 0.05) is 31.6 Å². The molecule has 0 aliphatic carbocycles. The summed E-state index contributed by atoms with van der Waals surface area (Å²) < 4.78 is 81.9. The first kappa shape index (κ1) is 28.2. The highest BCUT2D eigenvalue weighted by Crippen LogP contribution is 2.40. The Balaban J connectivity index is 1.68. The maximum atomic E-state index is 15.0. The van der Waals surface area contributed by atoms with E-state index in [9.17, 15) is 31.2 Å². The number of amides is 2. The summed E-state index contributed by atoms with van der Waals surface area (Å²) in [5.41, 5.74) is 2.64. The summed E-state index contributed by atoms with van der Waals surface area (Å²) in [7, 11) is -3.51. The number of hydrogen-bond donors (Lipinski definition) is 2. The van der Waals surface area contributed by atoms with Crippen LogP contribution in [0, 0.1) is 5.82 Å². The molecule has 39 heavy (non-hydrogen) atoms. The molecule has 1 saturated heterocycles. The van der Waals surface area contributed by atoms with Gasteiger partial charge in [-0.15, -0.1) is 0 Å². The molecule has 0 radical (unpaired) electrons. The van der Waals surface area contributed by atoms with Gasteiger partial charge in [-0.1, -0.05) is 0 Å². The molecule has 3 N–H and O–H groups in total. The van der Waals surface area contributed by atoms with Gasteiger partial charge < -0.3 is 15.5 Å². The minimum atomic E-state index is -4.77. The van der Waals surface area contributed by atoms with Gasteiger partial charge >= 0.3 is 6.18 Å². The number of nitrogens with zero attached hydrogens (tertiary/aromatic N) is 5. The third kappa shape index (κ3) is 5.38. The van der Waals surface area contributed by atoms with Crippen LogP contribution >= 0.6 is 0 Å². The average Bonchev–Trinajstić information content (AvgIpc) is 3.22. The maximum absolute atomic E-state index is 15.0. The standard InChI is InChI=1S/C23H25F4N7O4S/c1-22(2)21(36)32(8-9-33(22)18(35)6-7-31-39(3,37)38)17-10-13(4-5-15(17)24)16-11-14(23(25,26)27)19-20(28)29-12-30-34(16)19/h4-5,10-12,31H,6-9H2,1-3H3,(H2,28,29,30). The van der Waals surface area contributed by atoms with Crippen molar-refractivity contribution in [1.82, 2.24) is 24.2 Å². The smallest absolute Gasteiger partial charge is 0.382 e. The number of nitrogens with one attached hydrogen (secondary N) is 1. The molecule has 0 spiro atoms. The number of nitrogens with two attached hydrogens (primary N) is 1. The van der Waals surface area contributed by atoms with Crippen LogP contribution in [-0.4, -0.2) is 71.2 Å². The molecule has 3 heterocycles. The summed E-state index contributed by atoms with van der Waals surface area (Å²) in [5, 5.41) is 3.89. The van der Waals surface area contributed by atoms with Gasteiger partial charge in [-0.2, -0.15) is 18.3 Å². The Bertz CT molecular complexity index is 1570. The minimum absolute atomic E-state index is 0.0101. The van der Waals surface area contributed by atoms with Crippen LogP contribution in [0.15, 0.2) is 30.6 Å². The van der Waals surface area contributed by atoms with E-state index in [0.29, 0.717) is 0 Å². The van der Waals surface area contributed by atoms with Gasteiger partial charge in [-0.05, 0) is 38.1 Å². The molecule has 2 aromatic heterocycles. The molecule has 1 aliphatic heterocycles. The van der Waals surface area contributed by atoms with Crippen LogP contribution in [-0.2, 0) is 25.8 Å². The molecule has 0 saturated carbocycles. The number of aromatic nitrogens is 3. The largest absolute Gasteiger partial charge is 0.418 e. The Kier molecular flexibility index (Phi) is 7.06.